The number of thiocarbonyl (C=S) groups is 1. The fraction of sp³-hybridized carbons (Fsp3) is 0.400. The highest BCUT2D eigenvalue weighted by Gasteiger charge is 2.32. The van der Waals surface area contributed by atoms with Crippen molar-refractivity contribution in [2.45, 2.75) is 39.7 Å². The van der Waals surface area contributed by atoms with E-state index < -0.39 is 0 Å². The number of hydrogen-bond acceptors (Lipinski definition) is 7. The standard InChI is InChI=1S/C20H24N4O3S2/c1-4-8-24-19(27)15(29-20(24)28)10-14-16(21-13(5-2)11-25)22-17-12(3)7-6-9-23(17)18(14)26/h6-7,9-10,13,21,25H,4-5,8,11H2,1-3H3/b15-10-/t13-/m1/s1. The second-order valence-corrected chi connectivity index (χ2v) is 8.51. The van der Waals surface area contributed by atoms with Gasteiger partial charge in [-0.2, -0.15) is 0 Å². The normalized spacial score (nSPS) is 16.8. The lowest BCUT2D eigenvalue weighted by Gasteiger charge is -2.17. The Morgan fingerprint density at radius 1 is 1.38 bits per heavy atom. The third kappa shape index (κ3) is 4.22. The van der Waals surface area contributed by atoms with Crippen LogP contribution in [0.1, 0.15) is 37.8 Å². The molecule has 1 aliphatic rings. The van der Waals surface area contributed by atoms with Gasteiger partial charge in [0.2, 0.25) is 0 Å². The Balaban J connectivity index is 2.17. The molecule has 154 valence electrons. The summed E-state index contributed by atoms with van der Waals surface area (Å²) in [5.74, 6) is 0.154. The van der Waals surface area contributed by atoms with Gasteiger partial charge >= 0.3 is 0 Å². The second-order valence-electron chi connectivity index (χ2n) is 6.83. The van der Waals surface area contributed by atoms with Gasteiger partial charge in [0, 0.05) is 12.7 Å². The number of nitrogens with zero attached hydrogens (tertiary/aromatic N) is 3. The largest absolute Gasteiger partial charge is 0.394 e. The van der Waals surface area contributed by atoms with E-state index in [1.165, 1.54) is 16.2 Å². The number of fused-ring (bicyclic) bond motifs is 1. The minimum atomic E-state index is -0.283. The molecule has 0 spiro atoms. The average Bonchev–Trinajstić information content (AvgIpc) is 2.97. The second kappa shape index (κ2) is 9.06. The first-order chi connectivity index (χ1) is 13.9. The molecule has 0 aromatic carbocycles. The van der Waals surface area contributed by atoms with Crippen LogP contribution in [0.5, 0.6) is 0 Å². The van der Waals surface area contributed by atoms with E-state index in [0.29, 0.717) is 33.7 Å². The summed E-state index contributed by atoms with van der Waals surface area (Å²) in [6.07, 6.45) is 4.67. The van der Waals surface area contributed by atoms with Gasteiger partial charge < -0.3 is 10.4 Å². The molecule has 0 radical (unpaired) electrons. The van der Waals surface area contributed by atoms with Crippen LogP contribution in [0.4, 0.5) is 5.82 Å². The van der Waals surface area contributed by atoms with Gasteiger partial charge in [-0.15, -0.1) is 0 Å². The van der Waals surface area contributed by atoms with Crippen LogP contribution in [0.25, 0.3) is 11.7 Å². The maximum Gasteiger partial charge on any atom is 0.267 e. The summed E-state index contributed by atoms with van der Waals surface area (Å²) >= 11 is 6.51. The number of nitrogens with one attached hydrogen (secondary N) is 1. The maximum atomic E-state index is 13.3. The number of aliphatic hydroxyl groups excluding tert-OH is 1. The number of aromatic nitrogens is 2. The van der Waals surface area contributed by atoms with E-state index in [4.69, 9.17) is 12.2 Å². The van der Waals surface area contributed by atoms with E-state index in [1.807, 2.05) is 26.8 Å². The Hall–Kier alpha value is -2.23. The molecule has 0 aliphatic carbocycles. The molecule has 2 N–H and O–H groups in total. The first kappa shape index (κ1) is 21.5. The molecule has 1 aliphatic heterocycles. The molecule has 3 heterocycles. The summed E-state index contributed by atoms with van der Waals surface area (Å²) < 4.78 is 1.96. The molecule has 1 fully saturated rings. The first-order valence-corrected chi connectivity index (χ1v) is 10.8. The van der Waals surface area contributed by atoms with Gasteiger partial charge in [-0.25, -0.2) is 4.98 Å². The summed E-state index contributed by atoms with van der Waals surface area (Å²) in [4.78, 5) is 32.6. The molecular weight excluding hydrogens is 408 g/mol. The molecule has 9 heteroatoms. The van der Waals surface area contributed by atoms with E-state index in [9.17, 15) is 14.7 Å². The van der Waals surface area contributed by atoms with Crippen LogP contribution in [0.3, 0.4) is 0 Å². The van der Waals surface area contributed by atoms with Gasteiger partial charge in [0.1, 0.15) is 15.8 Å². The van der Waals surface area contributed by atoms with Gasteiger partial charge in [-0.3, -0.25) is 18.9 Å². The Morgan fingerprint density at radius 2 is 2.14 bits per heavy atom. The quantitative estimate of drug-likeness (QED) is 0.514. The molecule has 0 bridgehead atoms. The van der Waals surface area contributed by atoms with E-state index in [1.54, 1.807) is 23.2 Å². The fourth-order valence-electron chi connectivity index (χ4n) is 3.07. The highest BCUT2D eigenvalue weighted by Crippen LogP contribution is 2.33. The van der Waals surface area contributed by atoms with Crippen LogP contribution >= 0.6 is 24.0 Å². The van der Waals surface area contributed by atoms with Crippen molar-refractivity contribution in [3.8, 4) is 0 Å². The number of pyridine rings is 1. The topological polar surface area (TPSA) is 86.9 Å². The van der Waals surface area contributed by atoms with E-state index in [0.717, 1.165) is 12.0 Å². The zero-order chi connectivity index (χ0) is 21.1. The molecule has 29 heavy (non-hydrogen) atoms. The molecule has 1 saturated heterocycles. The summed E-state index contributed by atoms with van der Waals surface area (Å²) in [6.45, 7) is 6.24. The van der Waals surface area contributed by atoms with E-state index in [2.05, 4.69) is 10.3 Å². The predicted octanol–water partition coefficient (Wildman–Crippen LogP) is 2.80. The Morgan fingerprint density at radius 3 is 2.79 bits per heavy atom. The van der Waals surface area contributed by atoms with E-state index >= 15 is 0 Å². The molecule has 7 nitrogen and oxygen atoms in total. The average molecular weight is 433 g/mol. The van der Waals surface area contributed by atoms with Crippen LogP contribution in [0.2, 0.25) is 0 Å². The van der Waals surface area contributed by atoms with Gasteiger partial charge in [0.15, 0.2) is 0 Å². The third-order valence-corrected chi connectivity index (χ3v) is 6.11. The lowest BCUT2D eigenvalue weighted by molar-refractivity contribution is -0.122. The van der Waals surface area contributed by atoms with Crippen molar-refractivity contribution >= 4 is 51.7 Å². The Bertz CT molecular complexity index is 1040. The molecular formula is C20H24N4O3S2. The fourth-order valence-corrected chi connectivity index (χ4v) is 4.36. The van der Waals surface area contributed by atoms with Crippen molar-refractivity contribution in [3.05, 3.63) is 44.7 Å². The van der Waals surface area contributed by atoms with Crippen molar-refractivity contribution < 1.29 is 9.90 Å². The van der Waals surface area contributed by atoms with Crippen LogP contribution in [-0.4, -0.2) is 48.8 Å². The zero-order valence-electron chi connectivity index (χ0n) is 16.6. The van der Waals surface area contributed by atoms with Crippen molar-refractivity contribution in [2.75, 3.05) is 18.5 Å². The number of thioether (sulfide) groups is 1. The van der Waals surface area contributed by atoms with Crippen molar-refractivity contribution in [1.82, 2.24) is 14.3 Å². The third-order valence-electron chi connectivity index (χ3n) is 4.73. The predicted molar refractivity (Wildman–Crippen MR) is 121 cm³/mol. The molecule has 2 aromatic heterocycles. The number of carbonyl (C=O) groups is 1. The summed E-state index contributed by atoms with van der Waals surface area (Å²) in [7, 11) is 0. The minimum absolute atomic E-state index is 0.0939. The first-order valence-electron chi connectivity index (χ1n) is 9.55. The van der Waals surface area contributed by atoms with Crippen molar-refractivity contribution in [1.29, 1.82) is 0 Å². The maximum absolute atomic E-state index is 13.3. The molecule has 0 saturated carbocycles. The Labute approximate surface area is 178 Å². The molecule has 2 aromatic rings. The SMILES string of the molecule is CCCN1C(=O)/C(=C/c2c(N[C@H](CC)CO)nc3c(C)cccn3c2=O)SC1=S. The number of hydrogen-bond donors (Lipinski definition) is 2. The number of carbonyl (C=O) groups excluding carboxylic acids is 1. The van der Waals surface area contributed by atoms with Gasteiger partial charge in [-0.05, 0) is 37.5 Å². The number of aliphatic hydroxyl groups is 1. The van der Waals surface area contributed by atoms with Crippen molar-refractivity contribution in [2.24, 2.45) is 0 Å². The number of anilines is 1. The smallest absolute Gasteiger partial charge is 0.267 e. The molecule has 1 amide bonds. The molecule has 3 rings (SSSR count). The summed E-state index contributed by atoms with van der Waals surface area (Å²) in [6, 6.07) is 3.41. The highest BCUT2D eigenvalue weighted by molar-refractivity contribution is 8.26. The Kier molecular flexibility index (Phi) is 6.71. The van der Waals surface area contributed by atoms with Crippen LogP contribution in [-0.2, 0) is 4.79 Å². The summed E-state index contributed by atoms with van der Waals surface area (Å²) in [5.41, 5.74) is 1.38. The number of rotatable bonds is 7. The zero-order valence-corrected chi connectivity index (χ0v) is 18.3. The van der Waals surface area contributed by atoms with Crippen LogP contribution in [0.15, 0.2) is 28.0 Å². The summed E-state index contributed by atoms with van der Waals surface area (Å²) in [5, 5.41) is 12.8. The lowest BCUT2D eigenvalue weighted by Crippen LogP contribution is -2.29. The minimum Gasteiger partial charge on any atom is -0.394 e. The highest BCUT2D eigenvalue weighted by atomic mass is 32.2. The number of aryl methyl sites for hydroxylation is 1. The van der Waals surface area contributed by atoms with Crippen molar-refractivity contribution in [3.63, 3.8) is 0 Å². The van der Waals surface area contributed by atoms with Gasteiger partial charge in [-0.1, -0.05) is 43.9 Å². The monoisotopic (exact) mass is 432 g/mol. The van der Waals surface area contributed by atoms with Crippen LogP contribution < -0.4 is 10.9 Å². The van der Waals surface area contributed by atoms with E-state index in [-0.39, 0.29) is 29.7 Å². The van der Waals surface area contributed by atoms with Crippen LogP contribution in [0, 0.1) is 6.92 Å². The molecule has 1 atom stereocenters. The lowest BCUT2D eigenvalue weighted by atomic mass is 10.2. The number of amides is 1. The van der Waals surface area contributed by atoms with Gasteiger partial charge in [0.05, 0.1) is 23.1 Å². The molecule has 0 unspecified atom stereocenters. The van der Waals surface area contributed by atoms with Gasteiger partial charge in [0.25, 0.3) is 11.5 Å².